The van der Waals surface area contributed by atoms with Gasteiger partial charge in [0.15, 0.2) is 0 Å². The second-order valence-corrected chi connectivity index (χ2v) is 5.88. The first-order valence-electron chi connectivity index (χ1n) is 5.68. The van der Waals surface area contributed by atoms with Crippen molar-refractivity contribution >= 4 is 11.8 Å². The molecule has 1 aliphatic carbocycles. The van der Waals surface area contributed by atoms with Crippen molar-refractivity contribution in [3.63, 3.8) is 0 Å². The Bertz CT molecular complexity index is 176. The van der Waals surface area contributed by atoms with E-state index >= 15 is 0 Å². The highest BCUT2D eigenvalue weighted by Crippen LogP contribution is 2.46. The lowest BCUT2D eigenvalue weighted by atomic mass is 10.0. The first kappa shape index (κ1) is 10.8. The zero-order chi connectivity index (χ0) is 9.86. The lowest BCUT2D eigenvalue weighted by Gasteiger charge is -2.23. The van der Waals surface area contributed by atoms with Crippen molar-refractivity contribution in [2.75, 3.05) is 32.6 Å². The molecule has 2 aliphatic rings. The molecular weight excluding hydrogens is 194 g/mol. The molecule has 82 valence electrons. The van der Waals surface area contributed by atoms with Crippen LogP contribution in [0.3, 0.4) is 0 Å². The minimum atomic E-state index is 0.607. The maximum absolute atomic E-state index is 5.46. The monoisotopic (exact) mass is 215 g/mol. The summed E-state index contributed by atoms with van der Waals surface area (Å²) in [6, 6.07) is 0. The zero-order valence-corrected chi connectivity index (χ0v) is 9.87. The third-order valence-corrected chi connectivity index (χ3v) is 4.79. The Morgan fingerprint density at radius 3 is 2.93 bits per heavy atom. The standard InChI is InChI=1S/C11H21NOS/c1-14-11(4-5-11)9-12-7-10-3-2-6-13-8-10/h10,12H,2-9H2,1H3. The molecule has 1 heterocycles. The predicted octanol–water partition coefficient (Wildman–Crippen LogP) is 1.90. The highest BCUT2D eigenvalue weighted by atomic mass is 32.2. The molecule has 1 saturated carbocycles. The van der Waals surface area contributed by atoms with Crippen molar-refractivity contribution in [1.82, 2.24) is 5.32 Å². The topological polar surface area (TPSA) is 21.3 Å². The summed E-state index contributed by atoms with van der Waals surface area (Å²) in [6.45, 7) is 4.30. The van der Waals surface area contributed by atoms with E-state index in [1.807, 2.05) is 11.8 Å². The summed E-state index contributed by atoms with van der Waals surface area (Å²) in [6.07, 6.45) is 7.64. The molecule has 3 heteroatoms. The van der Waals surface area contributed by atoms with Crippen molar-refractivity contribution in [2.45, 2.75) is 30.4 Å². The molecular formula is C11H21NOS. The molecule has 1 aliphatic heterocycles. The quantitative estimate of drug-likeness (QED) is 0.757. The first-order valence-corrected chi connectivity index (χ1v) is 6.91. The molecule has 1 unspecified atom stereocenters. The predicted molar refractivity (Wildman–Crippen MR) is 61.9 cm³/mol. The highest BCUT2D eigenvalue weighted by molar-refractivity contribution is 8.00. The molecule has 1 saturated heterocycles. The molecule has 0 aromatic heterocycles. The van der Waals surface area contributed by atoms with E-state index in [4.69, 9.17) is 4.74 Å². The zero-order valence-electron chi connectivity index (χ0n) is 9.05. The van der Waals surface area contributed by atoms with Gasteiger partial charge in [-0.2, -0.15) is 11.8 Å². The Labute approximate surface area is 91.2 Å². The minimum absolute atomic E-state index is 0.607. The van der Waals surface area contributed by atoms with E-state index in [9.17, 15) is 0 Å². The molecule has 0 spiro atoms. The number of thioether (sulfide) groups is 1. The fourth-order valence-electron chi connectivity index (χ4n) is 2.06. The first-order chi connectivity index (χ1) is 6.85. The highest BCUT2D eigenvalue weighted by Gasteiger charge is 2.41. The molecule has 2 rings (SSSR count). The summed E-state index contributed by atoms with van der Waals surface area (Å²) in [4.78, 5) is 0. The van der Waals surface area contributed by atoms with Crippen LogP contribution >= 0.6 is 11.8 Å². The average Bonchev–Trinajstić information content (AvgIpc) is 3.00. The van der Waals surface area contributed by atoms with E-state index in [1.54, 1.807) is 0 Å². The van der Waals surface area contributed by atoms with Crippen molar-refractivity contribution in [1.29, 1.82) is 0 Å². The maximum atomic E-state index is 5.46. The number of ether oxygens (including phenoxy) is 1. The van der Waals surface area contributed by atoms with Gasteiger partial charge in [0.25, 0.3) is 0 Å². The summed E-state index contributed by atoms with van der Waals surface area (Å²) in [5, 5.41) is 3.61. The smallest absolute Gasteiger partial charge is 0.0506 e. The molecule has 2 nitrogen and oxygen atoms in total. The lowest BCUT2D eigenvalue weighted by Crippen LogP contribution is -2.33. The molecule has 0 aromatic carbocycles. The lowest BCUT2D eigenvalue weighted by molar-refractivity contribution is 0.0549. The van der Waals surface area contributed by atoms with E-state index in [0.717, 1.165) is 25.7 Å². The number of hydrogen-bond donors (Lipinski definition) is 1. The van der Waals surface area contributed by atoms with Crippen LogP contribution in [-0.4, -0.2) is 37.3 Å². The second kappa shape index (κ2) is 4.86. The fraction of sp³-hybridized carbons (Fsp3) is 1.00. The van der Waals surface area contributed by atoms with Gasteiger partial charge in [0.05, 0.1) is 6.61 Å². The van der Waals surface area contributed by atoms with Crippen molar-refractivity contribution < 1.29 is 4.74 Å². The SMILES string of the molecule is CSC1(CNCC2CCCOC2)CC1. The Morgan fingerprint density at radius 1 is 1.50 bits per heavy atom. The molecule has 2 fully saturated rings. The molecule has 14 heavy (non-hydrogen) atoms. The number of nitrogens with one attached hydrogen (secondary N) is 1. The van der Waals surface area contributed by atoms with Crippen molar-refractivity contribution in [3.05, 3.63) is 0 Å². The Kier molecular flexibility index (Phi) is 3.74. The van der Waals surface area contributed by atoms with Crippen LogP contribution < -0.4 is 5.32 Å². The summed E-state index contributed by atoms with van der Waals surface area (Å²) < 4.78 is 6.07. The van der Waals surface area contributed by atoms with Gasteiger partial charge in [0, 0.05) is 24.4 Å². The maximum Gasteiger partial charge on any atom is 0.0506 e. The Hall–Kier alpha value is 0.270. The van der Waals surface area contributed by atoms with Gasteiger partial charge in [-0.05, 0) is 37.9 Å². The van der Waals surface area contributed by atoms with Crippen LogP contribution in [0, 0.1) is 5.92 Å². The molecule has 0 radical (unpaired) electrons. The summed E-state index contributed by atoms with van der Waals surface area (Å²) >= 11 is 2.03. The molecule has 1 atom stereocenters. The van der Waals surface area contributed by atoms with Crippen LogP contribution in [-0.2, 0) is 4.74 Å². The second-order valence-electron chi connectivity index (χ2n) is 4.60. The van der Waals surface area contributed by atoms with Crippen LogP contribution in [0.25, 0.3) is 0 Å². The molecule has 0 amide bonds. The van der Waals surface area contributed by atoms with Gasteiger partial charge in [0.2, 0.25) is 0 Å². The van der Waals surface area contributed by atoms with Crippen LogP contribution in [0.4, 0.5) is 0 Å². The molecule has 0 bridgehead atoms. The Balaban J connectivity index is 1.58. The van der Waals surface area contributed by atoms with Gasteiger partial charge >= 0.3 is 0 Å². The van der Waals surface area contributed by atoms with Crippen molar-refractivity contribution in [3.8, 4) is 0 Å². The van der Waals surface area contributed by atoms with E-state index in [-0.39, 0.29) is 0 Å². The largest absolute Gasteiger partial charge is 0.381 e. The van der Waals surface area contributed by atoms with E-state index in [0.29, 0.717) is 4.75 Å². The third kappa shape index (κ3) is 2.88. The number of rotatable bonds is 5. The van der Waals surface area contributed by atoms with Crippen LogP contribution in [0.5, 0.6) is 0 Å². The van der Waals surface area contributed by atoms with E-state index in [2.05, 4.69) is 11.6 Å². The minimum Gasteiger partial charge on any atom is -0.381 e. The van der Waals surface area contributed by atoms with Gasteiger partial charge in [-0.3, -0.25) is 0 Å². The summed E-state index contributed by atoms with van der Waals surface area (Å²) in [7, 11) is 0. The Morgan fingerprint density at radius 2 is 2.36 bits per heavy atom. The third-order valence-electron chi connectivity index (χ3n) is 3.38. The summed E-state index contributed by atoms with van der Waals surface area (Å²) in [5.74, 6) is 0.765. The summed E-state index contributed by atoms with van der Waals surface area (Å²) in [5.41, 5.74) is 0. The molecule has 1 N–H and O–H groups in total. The van der Waals surface area contributed by atoms with Crippen LogP contribution in [0.1, 0.15) is 25.7 Å². The van der Waals surface area contributed by atoms with E-state index < -0.39 is 0 Å². The van der Waals surface area contributed by atoms with Gasteiger partial charge in [-0.1, -0.05) is 0 Å². The van der Waals surface area contributed by atoms with Gasteiger partial charge in [-0.15, -0.1) is 0 Å². The van der Waals surface area contributed by atoms with E-state index in [1.165, 1.54) is 32.2 Å². The number of hydrogen-bond acceptors (Lipinski definition) is 3. The van der Waals surface area contributed by atoms with Gasteiger partial charge in [-0.25, -0.2) is 0 Å². The average molecular weight is 215 g/mol. The molecule has 0 aromatic rings. The van der Waals surface area contributed by atoms with Gasteiger partial charge < -0.3 is 10.1 Å². The normalized spacial score (nSPS) is 30.2. The van der Waals surface area contributed by atoms with Crippen LogP contribution in [0.15, 0.2) is 0 Å². The van der Waals surface area contributed by atoms with Gasteiger partial charge in [0.1, 0.15) is 0 Å². The van der Waals surface area contributed by atoms with Crippen LogP contribution in [0.2, 0.25) is 0 Å². The van der Waals surface area contributed by atoms with Crippen molar-refractivity contribution in [2.24, 2.45) is 5.92 Å². The fourth-order valence-corrected chi connectivity index (χ4v) is 2.82.